The summed E-state index contributed by atoms with van der Waals surface area (Å²) < 4.78 is 40.0. The molecule has 128 valence electrons. The van der Waals surface area contributed by atoms with Crippen molar-refractivity contribution in [3.8, 4) is 6.07 Å². The van der Waals surface area contributed by atoms with Crippen LogP contribution in [0.4, 0.5) is 13.2 Å². The molecule has 6 nitrogen and oxygen atoms in total. The highest BCUT2D eigenvalue weighted by molar-refractivity contribution is 8.00. The van der Waals surface area contributed by atoms with Gasteiger partial charge in [0.2, 0.25) is 5.91 Å². The van der Waals surface area contributed by atoms with E-state index in [-0.39, 0.29) is 22.8 Å². The first kappa shape index (κ1) is 18.1. The molecular weight excluding hydrogens is 347 g/mol. The van der Waals surface area contributed by atoms with Gasteiger partial charge in [0.05, 0.1) is 16.9 Å². The van der Waals surface area contributed by atoms with Gasteiger partial charge < -0.3 is 10.4 Å². The first-order valence-electron chi connectivity index (χ1n) is 6.88. The zero-order valence-corrected chi connectivity index (χ0v) is 13.1. The number of carboxylic acid groups (broad SMARTS) is 1. The molecule has 0 spiro atoms. The van der Waals surface area contributed by atoms with Crippen molar-refractivity contribution in [3.63, 3.8) is 0 Å². The largest absolute Gasteiger partial charge is 0.480 e. The molecule has 0 saturated carbocycles. The maximum atomic E-state index is 13.3. The lowest BCUT2D eigenvalue weighted by Gasteiger charge is -2.16. The highest BCUT2D eigenvalue weighted by Gasteiger charge is 2.40. The molecular formula is C14H12F3N3O3S. The van der Waals surface area contributed by atoms with E-state index < -0.39 is 35.7 Å². The SMILES string of the molecule is N#Cc1c(SCC(=O)NCC(=O)O)nc2c(c1C(F)(F)F)CCC2. The lowest BCUT2D eigenvalue weighted by molar-refractivity contribution is -0.139. The van der Waals surface area contributed by atoms with E-state index in [1.807, 2.05) is 0 Å². The number of carbonyl (C=O) groups excluding carboxylic acids is 1. The van der Waals surface area contributed by atoms with Crippen LogP contribution >= 0.6 is 11.8 Å². The molecule has 0 saturated heterocycles. The Hall–Kier alpha value is -2.28. The minimum absolute atomic E-state index is 0.0544. The Morgan fingerprint density at radius 2 is 2.08 bits per heavy atom. The number of aromatic nitrogens is 1. The number of halogens is 3. The van der Waals surface area contributed by atoms with Gasteiger partial charge in [0.1, 0.15) is 17.6 Å². The fraction of sp³-hybridized carbons (Fsp3) is 0.429. The number of thioether (sulfide) groups is 1. The van der Waals surface area contributed by atoms with E-state index in [1.165, 1.54) is 0 Å². The Morgan fingerprint density at radius 1 is 1.38 bits per heavy atom. The molecule has 10 heteroatoms. The van der Waals surface area contributed by atoms with Crippen LogP contribution in [0.1, 0.15) is 28.8 Å². The number of hydrogen-bond donors (Lipinski definition) is 2. The van der Waals surface area contributed by atoms with Gasteiger partial charge in [-0.2, -0.15) is 18.4 Å². The standard InChI is InChI=1S/C14H12F3N3O3S/c15-14(16,17)12-7-2-1-3-9(7)20-13(8(12)4-18)24-6-10(21)19-5-11(22)23/h1-3,5-6H2,(H,19,21)(H,22,23). The summed E-state index contributed by atoms with van der Waals surface area (Å²) in [5.41, 5.74) is -1.20. The molecule has 1 heterocycles. The summed E-state index contributed by atoms with van der Waals surface area (Å²) in [6.45, 7) is -0.587. The fourth-order valence-corrected chi connectivity index (χ4v) is 3.27. The molecule has 0 aliphatic heterocycles. The zero-order valence-electron chi connectivity index (χ0n) is 12.2. The maximum Gasteiger partial charge on any atom is 0.418 e. The Balaban J connectivity index is 2.29. The van der Waals surface area contributed by atoms with Crippen molar-refractivity contribution < 1.29 is 27.9 Å². The van der Waals surface area contributed by atoms with Crippen molar-refractivity contribution in [2.75, 3.05) is 12.3 Å². The fourth-order valence-electron chi connectivity index (χ4n) is 2.44. The van der Waals surface area contributed by atoms with Crippen molar-refractivity contribution in [2.45, 2.75) is 30.5 Å². The summed E-state index contributed by atoms with van der Waals surface area (Å²) >= 11 is 0.689. The van der Waals surface area contributed by atoms with Crippen LogP contribution in [0.15, 0.2) is 5.03 Å². The molecule has 2 N–H and O–H groups in total. The van der Waals surface area contributed by atoms with Crippen LogP contribution in [-0.4, -0.2) is 34.3 Å². The average Bonchev–Trinajstić information content (AvgIpc) is 2.95. The van der Waals surface area contributed by atoms with Crippen molar-refractivity contribution in [3.05, 3.63) is 22.4 Å². The van der Waals surface area contributed by atoms with Crippen molar-refractivity contribution in [1.82, 2.24) is 10.3 Å². The molecule has 1 aliphatic rings. The predicted molar refractivity (Wildman–Crippen MR) is 77.3 cm³/mol. The topological polar surface area (TPSA) is 103 Å². The van der Waals surface area contributed by atoms with Crippen LogP contribution in [0.2, 0.25) is 0 Å². The van der Waals surface area contributed by atoms with Gasteiger partial charge in [0.25, 0.3) is 0 Å². The number of amides is 1. The number of hydrogen-bond acceptors (Lipinski definition) is 5. The summed E-state index contributed by atoms with van der Waals surface area (Å²) in [6, 6.07) is 1.55. The van der Waals surface area contributed by atoms with Crippen molar-refractivity contribution in [2.24, 2.45) is 0 Å². The molecule has 0 radical (unpaired) electrons. The zero-order chi connectivity index (χ0) is 17.9. The second-order valence-corrected chi connectivity index (χ2v) is 5.98. The number of carbonyl (C=O) groups is 2. The molecule has 1 aromatic heterocycles. The molecule has 1 amide bonds. The first-order valence-corrected chi connectivity index (χ1v) is 7.87. The number of aliphatic carboxylic acids is 1. The summed E-state index contributed by atoms with van der Waals surface area (Å²) in [5, 5.41) is 19.6. The van der Waals surface area contributed by atoms with Crippen molar-refractivity contribution >= 4 is 23.6 Å². The first-order chi connectivity index (χ1) is 11.2. The van der Waals surface area contributed by atoms with Crippen LogP contribution in [0.3, 0.4) is 0 Å². The third-order valence-electron chi connectivity index (χ3n) is 3.36. The molecule has 0 unspecified atom stereocenters. The second kappa shape index (κ2) is 7.09. The monoisotopic (exact) mass is 359 g/mol. The Kier molecular flexibility index (Phi) is 5.33. The number of alkyl halides is 3. The smallest absolute Gasteiger partial charge is 0.418 e. The van der Waals surface area contributed by atoms with E-state index in [4.69, 9.17) is 10.4 Å². The number of pyridine rings is 1. The van der Waals surface area contributed by atoms with Crippen LogP contribution in [-0.2, 0) is 28.6 Å². The van der Waals surface area contributed by atoms with E-state index in [2.05, 4.69) is 10.3 Å². The number of carboxylic acids is 1. The quantitative estimate of drug-likeness (QED) is 0.777. The van der Waals surface area contributed by atoms with E-state index in [1.54, 1.807) is 6.07 Å². The van der Waals surface area contributed by atoms with Gasteiger partial charge in [-0.05, 0) is 24.8 Å². The number of nitrogens with zero attached hydrogens (tertiary/aromatic N) is 2. The molecule has 0 fully saturated rings. The van der Waals surface area contributed by atoms with Gasteiger partial charge in [0, 0.05) is 5.69 Å². The summed E-state index contributed by atoms with van der Waals surface area (Å²) in [7, 11) is 0. The van der Waals surface area contributed by atoms with Gasteiger partial charge in [-0.25, -0.2) is 4.98 Å². The van der Waals surface area contributed by atoms with E-state index in [0.29, 0.717) is 30.3 Å². The molecule has 0 aromatic carbocycles. The third kappa shape index (κ3) is 3.97. The third-order valence-corrected chi connectivity index (χ3v) is 4.34. The highest BCUT2D eigenvalue weighted by Crippen LogP contribution is 2.41. The van der Waals surface area contributed by atoms with Crippen LogP contribution in [0.5, 0.6) is 0 Å². The normalized spacial score (nSPS) is 13.2. The van der Waals surface area contributed by atoms with E-state index in [9.17, 15) is 22.8 Å². The Labute approximate surface area is 139 Å². The van der Waals surface area contributed by atoms with E-state index in [0.717, 1.165) is 0 Å². The Morgan fingerprint density at radius 3 is 2.67 bits per heavy atom. The van der Waals surface area contributed by atoms with Gasteiger partial charge in [-0.15, -0.1) is 0 Å². The van der Waals surface area contributed by atoms with Crippen molar-refractivity contribution in [1.29, 1.82) is 5.26 Å². The number of fused-ring (bicyclic) bond motifs is 1. The average molecular weight is 359 g/mol. The minimum atomic E-state index is -4.68. The number of rotatable bonds is 5. The lowest BCUT2D eigenvalue weighted by Crippen LogP contribution is -2.30. The molecule has 1 aromatic rings. The van der Waals surface area contributed by atoms with Crippen LogP contribution < -0.4 is 5.32 Å². The predicted octanol–water partition coefficient (Wildman–Crippen LogP) is 1.75. The van der Waals surface area contributed by atoms with Gasteiger partial charge in [0.15, 0.2) is 0 Å². The maximum absolute atomic E-state index is 13.3. The summed E-state index contributed by atoms with van der Waals surface area (Å²) in [5.74, 6) is -2.23. The number of nitriles is 1. The molecule has 24 heavy (non-hydrogen) atoms. The number of aryl methyl sites for hydroxylation is 1. The van der Waals surface area contributed by atoms with Crippen LogP contribution in [0, 0.1) is 11.3 Å². The molecule has 1 aliphatic carbocycles. The highest BCUT2D eigenvalue weighted by atomic mass is 32.2. The summed E-state index contributed by atoms with van der Waals surface area (Å²) in [4.78, 5) is 26.0. The minimum Gasteiger partial charge on any atom is -0.480 e. The number of nitrogens with one attached hydrogen (secondary N) is 1. The molecule has 0 bridgehead atoms. The molecule has 2 rings (SSSR count). The van der Waals surface area contributed by atoms with Gasteiger partial charge >= 0.3 is 12.1 Å². The Bertz CT molecular complexity index is 729. The van der Waals surface area contributed by atoms with Gasteiger partial charge in [-0.1, -0.05) is 11.8 Å². The lowest BCUT2D eigenvalue weighted by atomic mass is 10.0. The summed E-state index contributed by atoms with van der Waals surface area (Å²) in [6.07, 6.45) is -3.54. The van der Waals surface area contributed by atoms with Crippen LogP contribution in [0.25, 0.3) is 0 Å². The van der Waals surface area contributed by atoms with Gasteiger partial charge in [-0.3, -0.25) is 9.59 Å². The second-order valence-electron chi connectivity index (χ2n) is 5.01. The van der Waals surface area contributed by atoms with E-state index >= 15 is 0 Å². The molecule has 0 atom stereocenters.